The lowest BCUT2D eigenvalue weighted by Gasteiger charge is -2.24. The molecule has 0 spiro atoms. The molecule has 1 unspecified atom stereocenters. The predicted molar refractivity (Wildman–Crippen MR) is 84.9 cm³/mol. The van der Waals surface area contributed by atoms with Crippen molar-refractivity contribution in [2.24, 2.45) is 0 Å². The van der Waals surface area contributed by atoms with Gasteiger partial charge in [-0.3, -0.25) is 4.79 Å². The quantitative estimate of drug-likeness (QED) is 0.681. The van der Waals surface area contributed by atoms with Crippen LogP contribution in [0.3, 0.4) is 0 Å². The SMILES string of the molecule is CCCCCN(Cc1ccc(F)cc1)C(=O)CC1CCCO1. The number of halogens is 1. The number of hydrogen-bond acceptors (Lipinski definition) is 2. The Hall–Kier alpha value is -1.42. The molecule has 122 valence electrons. The number of nitrogens with zero attached hydrogens (tertiary/aromatic N) is 1. The molecule has 1 amide bonds. The number of unbranched alkanes of at least 4 members (excludes halogenated alkanes) is 2. The van der Waals surface area contributed by atoms with E-state index in [0.29, 0.717) is 13.0 Å². The lowest BCUT2D eigenvalue weighted by molar-refractivity contribution is -0.134. The van der Waals surface area contributed by atoms with Crippen LogP contribution in [0.2, 0.25) is 0 Å². The Morgan fingerprint density at radius 1 is 1.32 bits per heavy atom. The van der Waals surface area contributed by atoms with Crippen LogP contribution in [0.15, 0.2) is 24.3 Å². The predicted octanol–water partition coefficient (Wildman–Crippen LogP) is 3.91. The van der Waals surface area contributed by atoms with Crippen molar-refractivity contribution >= 4 is 5.91 Å². The molecule has 1 saturated heterocycles. The van der Waals surface area contributed by atoms with Crippen molar-refractivity contribution in [2.75, 3.05) is 13.2 Å². The summed E-state index contributed by atoms with van der Waals surface area (Å²) in [6.45, 7) is 4.23. The summed E-state index contributed by atoms with van der Waals surface area (Å²) in [6, 6.07) is 6.40. The molecule has 4 heteroatoms. The number of amides is 1. The van der Waals surface area contributed by atoms with Crippen molar-refractivity contribution in [3.8, 4) is 0 Å². The number of benzene rings is 1. The molecular weight excluding hydrogens is 281 g/mol. The molecule has 0 saturated carbocycles. The van der Waals surface area contributed by atoms with Crippen molar-refractivity contribution in [1.29, 1.82) is 0 Å². The van der Waals surface area contributed by atoms with Crippen LogP contribution in [-0.4, -0.2) is 30.1 Å². The molecule has 0 bridgehead atoms. The molecular formula is C18H26FNO2. The molecule has 1 fully saturated rings. The fraction of sp³-hybridized carbons (Fsp3) is 0.611. The smallest absolute Gasteiger partial charge is 0.225 e. The van der Waals surface area contributed by atoms with Crippen molar-refractivity contribution in [3.05, 3.63) is 35.6 Å². The first kappa shape index (κ1) is 16.9. The third-order valence-electron chi connectivity index (χ3n) is 4.10. The van der Waals surface area contributed by atoms with Gasteiger partial charge in [0.1, 0.15) is 5.82 Å². The van der Waals surface area contributed by atoms with E-state index < -0.39 is 0 Å². The van der Waals surface area contributed by atoms with Gasteiger partial charge in [0, 0.05) is 19.7 Å². The Bertz CT molecular complexity index is 455. The van der Waals surface area contributed by atoms with Crippen LogP contribution < -0.4 is 0 Å². The first-order chi connectivity index (χ1) is 10.7. The summed E-state index contributed by atoms with van der Waals surface area (Å²) < 4.78 is 18.6. The van der Waals surface area contributed by atoms with E-state index in [-0.39, 0.29) is 17.8 Å². The molecule has 1 atom stereocenters. The highest BCUT2D eigenvalue weighted by Crippen LogP contribution is 2.18. The van der Waals surface area contributed by atoms with Gasteiger partial charge in [-0.15, -0.1) is 0 Å². The number of rotatable bonds is 8. The number of ether oxygens (including phenoxy) is 1. The van der Waals surface area contributed by atoms with Gasteiger partial charge in [0.2, 0.25) is 5.91 Å². The molecule has 22 heavy (non-hydrogen) atoms. The monoisotopic (exact) mass is 307 g/mol. The molecule has 2 rings (SSSR count). The summed E-state index contributed by atoms with van der Waals surface area (Å²) in [5.41, 5.74) is 0.971. The first-order valence-corrected chi connectivity index (χ1v) is 8.33. The van der Waals surface area contributed by atoms with Gasteiger partial charge < -0.3 is 9.64 Å². The van der Waals surface area contributed by atoms with Crippen LogP contribution in [0.25, 0.3) is 0 Å². The van der Waals surface area contributed by atoms with Gasteiger partial charge >= 0.3 is 0 Å². The fourth-order valence-corrected chi connectivity index (χ4v) is 2.78. The van der Waals surface area contributed by atoms with E-state index in [4.69, 9.17) is 4.74 Å². The second-order valence-electron chi connectivity index (χ2n) is 5.99. The van der Waals surface area contributed by atoms with Gasteiger partial charge in [0.25, 0.3) is 0 Å². The zero-order valence-corrected chi connectivity index (χ0v) is 13.4. The zero-order valence-electron chi connectivity index (χ0n) is 13.4. The van der Waals surface area contributed by atoms with Gasteiger partial charge in [-0.05, 0) is 37.0 Å². The minimum atomic E-state index is -0.244. The van der Waals surface area contributed by atoms with Gasteiger partial charge in [0.05, 0.1) is 12.5 Å². The highest BCUT2D eigenvalue weighted by atomic mass is 19.1. The van der Waals surface area contributed by atoms with Crippen LogP contribution in [-0.2, 0) is 16.1 Å². The van der Waals surface area contributed by atoms with Crippen LogP contribution in [0, 0.1) is 5.82 Å². The summed E-state index contributed by atoms with van der Waals surface area (Å²) in [4.78, 5) is 14.4. The van der Waals surface area contributed by atoms with Crippen LogP contribution in [0.5, 0.6) is 0 Å². The van der Waals surface area contributed by atoms with Gasteiger partial charge in [0.15, 0.2) is 0 Å². The highest BCUT2D eigenvalue weighted by Gasteiger charge is 2.22. The lowest BCUT2D eigenvalue weighted by Crippen LogP contribution is -2.33. The van der Waals surface area contributed by atoms with Crippen molar-refractivity contribution in [2.45, 2.75) is 58.1 Å². The average Bonchev–Trinajstić information content (AvgIpc) is 3.01. The summed E-state index contributed by atoms with van der Waals surface area (Å²) in [7, 11) is 0. The normalized spacial score (nSPS) is 17.6. The van der Waals surface area contributed by atoms with E-state index in [2.05, 4.69) is 6.92 Å². The van der Waals surface area contributed by atoms with E-state index >= 15 is 0 Å². The maximum atomic E-state index is 13.0. The van der Waals surface area contributed by atoms with E-state index in [0.717, 1.165) is 50.8 Å². The van der Waals surface area contributed by atoms with Crippen LogP contribution in [0.1, 0.15) is 51.0 Å². The van der Waals surface area contributed by atoms with Crippen LogP contribution in [0.4, 0.5) is 4.39 Å². The highest BCUT2D eigenvalue weighted by molar-refractivity contribution is 5.76. The summed E-state index contributed by atoms with van der Waals surface area (Å²) in [5.74, 6) is -0.0979. The Balaban J connectivity index is 1.94. The molecule has 1 aromatic rings. The summed E-state index contributed by atoms with van der Waals surface area (Å²) >= 11 is 0. The molecule has 1 aliphatic rings. The Morgan fingerprint density at radius 3 is 2.73 bits per heavy atom. The van der Waals surface area contributed by atoms with Crippen LogP contribution >= 0.6 is 0 Å². The Morgan fingerprint density at radius 2 is 2.09 bits per heavy atom. The molecule has 0 aromatic heterocycles. The zero-order chi connectivity index (χ0) is 15.8. The van der Waals surface area contributed by atoms with Gasteiger partial charge in [-0.2, -0.15) is 0 Å². The molecule has 1 aromatic carbocycles. The van der Waals surface area contributed by atoms with Crippen molar-refractivity contribution < 1.29 is 13.9 Å². The summed E-state index contributed by atoms with van der Waals surface area (Å²) in [6.07, 6.45) is 5.82. The molecule has 1 aliphatic heterocycles. The Kier molecular flexibility index (Phi) is 6.84. The van der Waals surface area contributed by atoms with Crippen molar-refractivity contribution in [1.82, 2.24) is 4.90 Å². The second-order valence-corrected chi connectivity index (χ2v) is 5.99. The number of carbonyl (C=O) groups excluding carboxylic acids is 1. The maximum absolute atomic E-state index is 13.0. The first-order valence-electron chi connectivity index (χ1n) is 8.33. The fourth-order valence-electron chi connectivity index (χ4n) is 2.78. The molecule has 1 heterocycles. The number of hydrogen-bond donors (Lipinski definition) is 0. The minimum Gasteiger partial charge on any atom is -0.378 e. The van der Waals surface area contributed by atoms with E-state index in [1.165, 1.54) is 12.1 Å². The number of carbonyl (C=O) groups is 1. The Labute approximate surface area is 132 Å². The minimum absolute atomic E-state index is 0.0781. The van der Waals surface area contributed by atoms with E-state index in [1.807, 2.05) is 4.90 Å². The van der Waals surface area contributed by atoms with E-state index in [9.17, 15) is 9.18 Å². The molecule has 0 aliphatic carbocycles. The van der Waals surface area contributed by atoms with E-state index in [1.54, 1.807) is 12.1 Å². The average molecular weight is 307 g/mol. The molecule has 0 N–H and O–H groups in total. The maximum Gasteiger partial charge on any atom is 0.225 e. The topological polar surface area (TPSA) is 29.5 Å². The largest absolute Gasteiger partial charge is 0.378 e. The third-order valence-corrected chi connectivity index (χ3v) is 4.10. The second kappa shape index (κ2) is 8.89. The van der Waals surface area contributed by atoms with Gasteiger partial charge in [-0.25, -0.2) is 4.39 Å². The molecule has 3 nitrogen and oxygen atoms in total. The third kappa shape index (κ3) is 5.41. The lowest BCUT2D eigenvalue weighted by atomic mass is 10.1. The molecule has 0 radical (unpaired) electrons. The van der Waals surface area contributed by atoms with Crippen molar-refractivity contribution in [3.63, 3.8) is 0 Å². The van der Waals surface area contributed by atoms with Gasteiger partial charge in [-0.1, -0.05) is 31.9 Å². The summed E-state index contributed by atoms with van der Waals surface area (Å²) in [5, 5.41) is 0. The standard InChI is InChI=1S/C18H26FNO2/c1-2-3-4-11-20(14-15-7-9-16(19)10-8-15)18(21)13-17-6-5-12-22-17/h7-10,17H,2-6,11-14H2,1H3.